The lowest BCUT2D eigenvalue weighted by Gasteiger charge is -2.22. The van der Waals surface area contributed by atoms with Gasteiger partial charge in [0.2, 0.25) is 0 Å². The van der Waals surface area contributed by atoms with E-state index in [1.807, 2.05) is 34.6 Å². The number of nitrogens with zero attached hydrogens (tertiary/aromatic N) is 4. The van der Waals surface area contributed by atoms with Crippen molar-refractivity contribution in [2.45, 2.75) is 6.92 Å². The van der Waals surface area contributed by atoms with E-state index in [0.717, 1.165) is 17.1 Å². The molecule has 0 fully saturated rings. The van der Waals surface area contributed by atoms with Crippen LogP contribution in [0, 0.1) is 10.1 Å². The predicted molar refractivity (Wildman–Crippen MR) is 105 cm³/mol. The van der Waals surface area contributed by atoms with Crippen molar-refractivity contribution >= 4 is 34.1 Å². The third-order valence-corrected chi connectivity index (χ3v) is 5.30. The first-order chi connectivity index (χ1) is 13.1. The lowest BCUT2D eigenvalue weighted by atomic mass is 10.2. The maximum Gasteiger partial charge on any atom is 0.328 e. The highest BCUT2D eigenvalue weighted by atomic mass is 32.2. The van der Waals surface area contributed by atoms with Crippen molar-refractivity contribution in [2.24, 2.45) is 9.36 Å². The van der Waals surface area contributed by atoms with E-state index >= 15 is 0 Å². The molecule has 1 unspecified atom stereocenters. The number of nitro benzene ring substituents is 1. The van der Waals surface area contributed by atoms with Gasteiger partial charge in [-0.1, -0.05) is 30.3 Å². The lowest BCUT2D eigenvalue weighted by molar-refractivity contribution is -0.384. The fourth-order valence-electron chi connectivity index (χ4n) is 2.52. The van der Waals surface area contributed by atoms with Crippen LogP contribution in [0.3, 0.4) is 0 Å². The Hall–Kier alpha value is -3.07. The van der Waals surface area contributed by atoms with Crippen LogP contribution < -0.4 is 4.31 Å². The van der Waals surface area contributed by atoms with Gasteiger partial charge >= 0.3 is 5.97 Å². The summed E-state index contributed by atoms with van der Waals surface area (Å²) in [6.45, 7) is 1.99. The smallest absolute Gasteiger partial charge is 0.328 e. The number of hydrogen-bond donors (Lipinski definition) is 0. The molecule has 2 aromatic carbocycles. The molecule has 1 atom stereocenters. The van der Waals surface area contributed by atoms with Crippen LogP contribution in [0.5, 0.6) is 0 Å². The van der Waals surface area contributed by atoms with Crippen LogP contribution in [-0.2, 0) is 20.4 Å². The number of nitro groups is 1. The fraction of sp³-hybridized carbons (Fsp3) is 0.222. The molecule has 0 amide bonds. The molecule has 27 heavy (non-hydrogen) atoms. The normalized spacial score (nSPS) is 16.3. The Morgan fingerprint density at radius 3 is 2.59 bits per heavy atom. The van der Waals surface area contributed by atoms with Gasteiger partial charge in [0.25, 0.3) is 5.69 Å². The first-order valence-electron chi connectivity index (χ1n) is 8.29. The standard InChI is InChI=1S/C18H18N4O4S/c1-2-26-17(23)12-20-27-13-19-18(14-6-4-3-5-7-14)21(27)15-8-10-16(11-9-15)22(24)25/h3-11H,2,12-13H2,1H3. The van der Waals surface area contributed by atoms with Crippen LogP contribution in [0.1, 0.15) is 12.5 Å². The highest BCUT2D eigenvalue weighted by Crippen LogP contribution is 2.27. The van der Waals surface area contributed by atoms with Gasteiger partial charge in [-0.3, -0.25) is 24.2 Å². The lowest BCUT2D eigenvalue weighted by Crippen LogP contribution is -2.29. The van der Waals surface area contributed by atoms with Crippen LogP contribution in [0.4, 0.5) is 11.4 Å². The van der Waals surface area contributed by atoms with E-state index in [1.165, 1.54) is 12.1 Å². The molecule has 140 valence electrons. The number of carbonyl (C=O) groups excluding carboxylic acids is 1. The second-order valence-corrected chi connectivity index (χ2v) is 7.04. The summed E-state index contributed by atoms with van der Waals surface area (Å²) < 4.78 is 11.3. The van der Waals surface area contributed by atoms with Gasteiger partial charge in [-0.05, 0) is 19.1 Å². The molecule has 3 rings (SSSR count). The minimum atomic E-state index is -0.704. The Bertz CT molecular complexity index is 897. The molecule has 0 saturated heterocycles. The van der Waals surface area contributed by atoms with Crippen LogP contribution in [0.25, 0.3) is 0 Å². The van der Waals surface area contributed by atoms with Gasteiger partial charge in [-0.15, -0.1) is 0 Å². The number of rotatable bonds is 6. The highest BCUT2D eigenvalue weighted by molar-refractivity contribution is 7.90. The minimum Gasteiger partial charge on any atom is -0.465 e. The van der Waals surface area contributed by atoms with E-state index < -0.39 is 15.8 Å². The third-order valence-electron chi connectivity index (χ3n) is 3.71. The maximum atomic E-state index is 11.7. The molecule has 9 heteroatoms. The molecule has 1 heterocycles. The first kappa shape index (κ1) is 18.7. The van der Waals surface area contributed by atoms with Gasteiger partial charge in [-0.25, -0.2) is 4.36 Å². The van der Waals surface area contributed by atoms with Gasteiger partial charge in [-0.2, -0.15) is 0 Å². The second-order valence-electron chi connectivity index (χ2n) is 5.48. The Kier molecular flexibility index (Phi) is 5.92. The van der Waals surface area contributed by atoms with Gasteiger partial charge in [0.15, 0.2) is 0 Å². The molecule has 8 nitrogen and oxygen atoms in total. The summed E-state index contributed by atoms with van der Waals surface area (Å²) in [4.78, 5) is 26.8. The predicted octanol–water partition coefficient (Wildman–Crippen LogP) is 3.10. The van der Waals surface area contributed by atoms with E-state index in [4.69, 9.17) is 4.74 Å². The van der Waals surface area contributed by atoms with E-state index in [9.17, 15) is 14.9 Å². The van der Waals surface area contributed by atoms with Gasteiger partial charge in [0.05, 0.1) is 17.2 Å². The van der Waals surface area contributed by atoms with Crippen LogP contribution in [0.15, 0.2) is 64.0 Å². The zero-order valence-corrected chi connectivity index (χ0v) is 15.5. The van der Waals surface area contributed by atoms with Crippen molar-refractivity contribution < 1.29 is 14.5 Å². The second kappa shape index (κ2) is 8.54. The molecule has 0 aliphatic carbocycles. The number of carbonyl (C=O) groups is 1. The van der Waals surface area contributed by atoms with Crippen LogP contribution in [0.2, 0.25) is 0 Å². The molecule has 0 bridgehead atoms. The molecular formula is C18H18N4O4S. The molecule has 0 N–H and O–H groups in total. The minimum absolute atomic E-state index is 0.0134. The number of non-ortho nitro benzene ring substituents is 1. The van der Waals surface area contributed by atoms with Crippen LogP contribution in [-0.4, -0.2) is 35.8 Å². The monoisotopic (exact) mass is 386 g/mol. The Labute approximate surface area is 158 Å². The summed E-state index contributed by atoms with van der Waals surface area (Å²) in [5, 5.41) is 10.9. The summed E-state index contributed by atoms with van der Waals surface area (Å²) in [5.74, 6) is 0.753. The van der Waals surface area contributed by atoms with Gasteiger partial charge < -0.3 is 4.74 Å². The Morgan fingerprint density at radius 1 is 1.26 bits per heavy atom. The third kappa shape index (κ3) is 4.37. The Balaban J connectivity index is 1.94. The molecular weight excluding hydrogens is 368 g/mol. The number of amidine groups is 1. The fourth-order valence-corrected chi connectivity index (χ4v) is 4.06. The maximum absolute atomic E-state index is 11.7. The largest absolute Gasteiger partial charge is 0.465 e. The summed E-state index contributed by atoms with van der Waals surface area (Å²) >= 11 is 0. The van der Waals surface area contributed by atoms with E-state index in [2.05, 4.69) is 9.36 Å². The summed E-state index contributed by atoms with van der Waals surface area (Å²) in [7, 11) is -0.704. The van der Waals surface area contributed by atoms with Crippen LogP contribution >= 0.6 is 0 Å². The molecule has 1 aliphatic heterocycles. The van der Waals surface area contributed by atoms with Crippen molar-refractivity contribution in [1.29, 1.82) is 0 Å². The first-order valence-corrected chi connectivity index (χ1v) is 9.59. The number of esters is 1. The summed E-state index contributed by atoms with van der Waals surface area (Å²) in [6, 6.07) is 15.9. The number of hydrogen-bond acceptors (Lipinski definition) is 6. The van der Waals surface area contributed by atoms with E-state index in [0.29, 0.717) is 12.5 Å². The van der Waals surface area contributed by atoms with Crippen molar-refractivity contribution in [3.8, 4) is 0 Å². The SMILES string of the molecule is CCOC(=O)CN=S1CN=C(c2ccccc2)N1c1ccc([N+](=O)[O-])cc1. The zero-order valence-electron chi connectivity index (χ0n) is 14.6. The van der Waals surface area contributed by atoms with Gasteiger partial charge in [0, 0.05) is 28.6 Å². The topological polar surface area (TPSA) is 97.4 Å². The van der Waals surface area contributed by atoms with E-state index in [-0.39, 0.29) is 18.2 Å². The van der Waals surface area contributed by atoms with Crippen molar-refractivity contribution in [3.63, 3.8) is 0 Å². The zero-order chi connectivity index (χ0) is 19.2. The highest BCUT2D eigenvalue weighted by Gasteiger charge is 2.26. The summed E-state index contributed by atoms with van der Waals surface area (Å²) in [5.41, 5.74) is 1.66. The van der Waals surface area contributed by atoms with Crippen molar-refractivity contribution in [1.82, 2.24) is 0 Å². The molecule has 0 spiro atoms. The van der Waals surface area contributed by atoms with E-state index in [1.54, 1.807) is 19.1 Å². The van der Waals surface area contributed by atoms with Crippen molar-refractivity contribution in [2.75, 3.05) is 23.3 Å². The number of ether oxygens (including phenoxy) is 1. The number of benzene rings is 2. The molecule has 0 saturated carbocycles. The molecule has 2 aromatic rings. The molecule has 0 radical (unpaired) electrons. The van der Waals surface area contributed by atoms with Crippen molar-refractivity contribution in [3.05, 3.63) is 70.3 Å². The number of aliphatic imine (C=N–C) groups is 1. The molecule has 0 aromatic heterocycles. The molecule has 1 aliphatic rings. The average molecular weight is 386 g/mol. The number of anilines is 1. The van der Waals surface area contributed by atoms with Gasteiger partial charge in [0.1, 0.15) is 18.3 Å². The quantitative estimate of drug-likeness (QED) is 0.432. The Morgan fingerprint density at radius 2 is 1.96 bits per heavy atom. The summed E-state index contributed by atoms with van der Waals surface area (Å²) in [6.07, 6.45) is 0. The average Bonchev–Trinajstić information content (AvgIpc) is 3.11.